The second-order valence-electron chi connectivity index (χ2n) is 6.10. The zero-order chi connectivity index (χ0) is 20.8. The van der Waals surface area contributed by atoms with Gasteiger partial charge >= 0.3 is 0 Å². The van der Waals surface area contributed by atoms with Gasteiger partial charge in [-0.2, -0.15) is 5.26 Å². The molecule has 0 unspecified atom stereocenters. The minimum atomic E-state index is -0.488. The molecule has 0 N–H and O–H groups in total. The molecule has 0 aliphatic heterocycles. The molecule has 0 fully saturated rings. The fourth-order valence-corrected chi connectivity index (χ4v) is 2.99. The Hall–Kier alpha value is -3.36. The highest BCUT2D eigenvalue weighted by Crippen LogP contribution is 2.38. The van der Waals surface area contributed by atoms with E-state index >= 15 is 0 Å². The Labute approximate surface area is 172 Å². The van der Waals surface area contributed by atoms with E-state index in [-0.39, 0.29) is 28.6 Å². The fourth-order valence-electron chi connectivity index (χ4n) is 2.72. The van der Waals surface area contributed by atoms with Crippen LogP contribution in [0.2, 0.25) is 5.02 Å². The molecule has 0 atom stereocenters. The zero-order valence-electron chi connectivity index (χ0n) is 15.5. The molecular formula is C23H16ClF2NO2. The number of nitriles is 1. The van der Waals surface area contributed by atoms with Crippen LogP contribution in [0.4, 0.5) is 8.78 Å². The summed E-state index contributed by atoms with van der Waals surface area (Å²) < 4.78 is 38.2. The number of allylic oxidation sites excluding steroid dienone is 1. The van der Waals surface area contributed by atoms with Gasteiger partial charge in [0.05, 0.1) is 23.8 Å². The Morgan fingerprint density at radius 1 is 1.10 bits per heavy atom. The van der Waals surface area contributed by atoms with Gasteiger partial charge in [0, 0.05) is 5.56 Å². The lowest BCUT2D eigenvalue weighted by Crippen LogP contribution is -1.99. The molecule has 3 aromatic carbocycles. The first-order valence-electron chi connectivity index (χ1n) is 8.63. The third-order valence-electron chi connectivity index (χ3n) is 4.14. The van der Waals surface area contributed by atoms with E-state index < -0.39 is 5.82 Å². The monoisotopic (exact) mass is 411 g/mol. The Morgan fingerprint density at radius 3 is 2.48 bits per heavy atom. The van der Waals surface area contributed by atoms with Crippen molar-refractivity contribution in [3.63, 3.8) is 0 Å². The van der Waals surface area contributed by atoms with Crippen LogP contribution in [-0.2, 0) is 6.61 Å². The van der Waals surface area contributed by atoms with Gasteiger partial charge < -0.3 is 9.47 Å². The SMILES string of the molecule is COc1cc(/C=C(/C#N)c2ccccc2F)cc(Cl)c1OCc1ccc(F)cc1. The minimum Gasteiger partial charge on any atom is -0.493 e. The third kappa shape index (κ3) is 4.92. The summed E-state index contributed by atoms with van der Waals surface area (Å²) in [5.74, 6) is -0.141. The summed E-state index contributed by atoms with van der Waals surface area (Å²) in [6.07, 6.45) is 1.52. The van der Waals surface area contributed by atoms with Crippen LogP contribution in [0, 0.1) is 23.0 Å². The Balaban J connectivity index is 1.90. The quantitative estimate of drug-likeness (QED) is 0.354. The van der Waals surface area contributed by atoms with Gasteiger partial charge in [0.15, 0.2) is 11.5 Å². The molecule has 146 valence electrons. The number of ether oxygens (including phenoxy) is 2. The van der Waals surface area contributed by atoms with Crippen LogP contribution in [0.15, 0.2) is 60.7 Å². The fraction of sp³-hybridized carbons (Fsp3) is 0.0870. The van der Waals surface area contributed by atoms with E-state index in [9.17, 15) is 14.0 Å². The van der Waals surface area contributed by atoms with E-state index in [1.165, 1.54) is 37.5 Å². The summed E-state index contributed by atoms with van der Waals surface area (Å²) in [6, 6.07) is 17.2. The molecule has 3 rings (SSSR count). The van der Waals surface area contributed by atoms with Gasteiger partial charge in [-0.15, -0.1) is 0 Å². The molecule has 0 saturated carbocycles. The predicted octanol–water partition coefficient (Wildman–Crippen LogP) is 6.27. The maximum absolute atomic E-state index is 14.0. The van der Waals surface area contributed by atoms with Crippen LogP contribution in [-0.4, -0.2) is 7.11 Å². The number of hydrogen-bond acceptors (Lipinski definition) is 3. The van der Waals surface area contributed by atoms with Crippen LogP contribution < -0.4 is 9.47 Å². The Kier molecular flexibility index (Phi) is 6.48. The van der Waals surface area contributed by atoms with Crippen LogP contribution in [0.25, 0.3) is 11.6 Å². The number of hydrogen-bond donors (Lipinski definition) is 0. The number of halogens is 3. The van der Waals surface area contributed by atoms with E-state index in [0.29, 0.717) is 17.1 Å². The second kappa shape index (κ2) is 9.22. The van der Waals surface area contributed by atoms with Gasteiger partial charge in [0.25, 0.3) is 0 Å². The van der Waals surface area contributed by atoms with E-state index in [0.717, 1.165) is 5.56 Å². The van der Waals surface area contributed by atoms with E-state index in [2.05, 4.69) is 0 Å². The summed E-state index contributed by atoms with van der Waals surface area (Å²) in [5.41, 5.74) is 1.67. The second-order valence-corrected chi connectivity index (χ2v) is 6.51. The molecule has 0 heterocycles. The zero-order valence-corrected chi connectivity index (χ0v) is 16.2. The van der Waals surface area contributed by atoms with Crippen LogP contribution in [0.1, 0.15) is 16.7 Å². The van der Waals surface area contributed by atoms with Gasteiger partial charge in [-0.1, -0.05) is 41.9 Å². The largest absolute Gasteiger partial charge is 0.493 e. The standard InChI is InChI=1S/C23H16ClF2NO2/c1-28-22-12-16(10-17(13-27)19-4-2-3-5-21(19)26)11-20(24)23(22)29-14-15-6-8-18(25)9-7-15/h2-12H,14H2,1H3/b17-10-. The first-order valence-corrected chi connectivity index (χ1v) is 9.01. The van der Waals surface area contributed by atoms with Crippen LogP contribution in [0.3, 0.4) is 0 Å². The summed E-state index contributed by atoms with van der Waals surface area (Å²) in [5, 5.41) is 9.71. The number of methoxy groups -OCH3 is 1. The highest BCUT2D eigenvalue weighted by atomic mass is 35.5. The molecule has 29 heavy (non-hydrogen) atoms. The summed E-state index contributed by atoms with van der Waals surface area (Å²) in [4.78, 5) is 0. The van der Waals surface area contributed by atoms with Crippen molar-refractivity contribution in [2.24, 2.45) is 0 Å². The van der Waals surface area contributed by atoms with Gasteiger partial charge in [-0.25, -0.2) is 8.78 Å². The van der Waals surface area contributed by atoms with Crippen molar-refractivity contribution in [2.45, 2.75) is 6.61 Å². The van der Waals surface area contributed by atoms with E-state index in [4.69, 9.17) is 21.1 Å². The highest BCUT2D eigenvalue weighted by molar-refractivity contribution is 6.32. The number of benzene rings is 3. The van der Waals surface area contributed by atoms with Crippen molar-refractivity contribution in [3.05, 3.63) is 94.0 Å². The molecule has 0 saturated heterocycles. The molecule has 6 heteroatoms. The average molecular weight is 412 g/mol. The molecule has 3 nitrogen and oxygen atoms in total. The predicted molar refractivity (Wildman–Crippen MR) is 109 cm³/mol. The summed E-state index contributed by atoms with van der Waals surface area (Å²) in [6.45, 7) is 0.171. The molecular weight excluding hydrogens is 396 g/mol. The number of rotatable bonds is 6. The normalized spacial score (nSPS) is 11.1. The average Bonchev–Trinajstić information content (AvgIpc) is 2.72. The van der Waals surface area contributed by atoms with E-state index in [1.54, 1.807) is 36.4 Å². The van der Waals surface area contributed by atoms with Crippen LogP contribution in [0.5, 0.6) is 11.5 Å². The van der Waals surface area contributed by atoms with Crippen molar-refractivity contribution >= 4 is 23.3 Å². The lowest BCUT2D eigenvalue weighted by molar-refractivity contribution is 0.284. The maximum atomic E-state index is 14.0. The van der Waals surface area contributed by atoms with Crippen molar-refractivity contribution in [3.8, 4) is 17.6 Å². The lowest BCUT2D eigenvalue weighted by atomic mass is 10.0. The molecule has 0 aliphatic carbocycles. The first kappa shape index (κ1) is 20.4. The Bertz CT molecular complexity index is 1090. The van der Waals surface area contributed by atoms with Crippen molar-refractivity contribution in [1.29, 1.82) is 5.26 Å². The van der Waals surface area contributed by atoms with Gasteiger partial charge in [0.2, 0.25) is 0 Å². The van der Waals surface area contributed by atoms with Crippen LogP contribution >= 0.6 is 11.6 Å². The smallest absolute Gasteiger partial charge is 0.180 e. The summed E-state index contributed by atoms with van der Waals surface area (Å²) in [7, 11) is 1.46. The molecule has 0 spiro atoms. The van der Waals surface area contributed by atoms with Gasteiger partial charge in [0.1, 0.15) is 18.2 Å². The highest BCUT2D eigenvalue weighted by Gasteiger charge is 2.13. The molecule has 0 aliphatic rings. The topological polar surface area (TPSA) is 42.2 Å². The third-order valence-corrected chi connectivity index (χ3v) is 4.42. The van der Waals surface area contributed by atoms with Gasteiger partial charge in [-0.05, 0) is 47.5 Å². The molecule has 3 aromatic rings. The number of nitrogens with zero attached hydrogens (tertiary/aromatic N) is 1. The van der Waals surface area contributed by atoms with Crippen molar-refractivity contribution < 1.29 is 18.3 Å². The maximum Gasteiger partial charge on any atom is 0.180 e. The van der Waals surface area contributed by atoms with E-state index in [1.807, 2.05) is 6.07 Å². The molecule has 0 radical (unpaired) electrons. The molecule has 0 aromatic heterocycles. The molecule has 0 bridgehead atoms. The van der Waals surface area contributed by atoms with Gasteiger partial charge in [-0.3, -0.25) is 0 Å². The minimum absolute atomic E-state index is 0.154. The van der Waals surface area contributed by atoms with Crippen molar-refractivity contribution in [1.82, 2.24) is 0 Å². The van der Waals surface area contributed by atoms with Crippen molar-refractivity contribution in [2.75, 3.05) is 7.11 Å². The lowest BCUT2D eigenvalue weighted by Gasteiger charge is -2.14. The first-order chi connectivity index (χ1) is 14.0. The Morgan fingerprint density at radius 2 is 1.83 bits per heavy atom. The summed E-state index contributed by atoms with van der Waals surface area (Å²) >= 11 is 6.36. The molecule has 0 amide bonds.